The van der Waals surface area contributed by atoms with Gasteiger partial charge in [0.05, 0.1) is 0 Å². The maximum atomic E-state index is 12.2. The van der Waals surface area contributed by atoms with Crippen molar-refractivity contribution in [1.29, 1.82) is 0 Å². The molecule has 0 unspecified atom stereocenters. The Balaban J connectivity index is 1.81. The van der Waals surface area contributed by atoms with Crippen LogP contribution in [0.25, 0.3) is 0 Å². The van der Waals surface area contributed by atoms with E-state index in [0.717, 1.165) is 29.8 Å². The fraction of sp³-hybridized carbons (Fsp3) is 0.200. The van der Waals surface area contributed by atoms with Crippen LogP contribution >= 0.6 is 0 Å². The Bertz CT molecular complexity index is 578. The summed E-state index contributed by atoms with van der Waals surface area (Å²) in [4.78, 5) is 16.2. The number of anilines is 1. The lowest BCUT2D eigenvalue weighted by molar-refractivity contribution is 0.0993. The molecule has 0 saturated carbocycles. The summed E-state index contributed by atoms with van der Waals surface area (Å²) in [6.07, 6.45) is 4.88. The SMILES string of the molecule is O=C(Cc1cccnc1)c1ccc2c(c1)CCN2. The molecule has 0 radical (unpaired) electrons. The number of ketones is 1. The van der Waals surface area contributed by atoms with Gasteiger partial charge in [-0.1, -0.05) is 6.07 Å². The lowest BCUT2D eigenvalue weighted by atomic mass is 10.0. The summed E-state index contributed by atoms with van der Waals surface area (Å²) < 4.78 is 0. The molecule has 0 amide bonds. The average molecular weight is 238 g/mol. The number of fused-ring (bicyclic) bond motifs is 1. The quantitative estimate of drug-likeness (QED) is 0.835. The summed E-state index contributed by atoms with van der Waals surface area (Å²) in [7, 11) is 0. The van der Waals surface area contributed by atoms with Crippen molar-refractivity contribution < 1.29 is 4.79 Å². The molecule has 1 aromatic carbocycles. The van der Waals surface area contributed by atoms with Gasteiger partial charge >= 0.3 is 0 Å². The first-order valence-electron chi connectivity index (χ1n) is 6.12. The van der Waals surface area contributed by atoms with E-state index in [4.69, 9.17) is 0 Å². The Morgan fingerprint density at radius 2 is 2.28 bits per heavy atom. The topological polar surface area (TPSA) is 42.0 Å². The third-order valence-electron chi connectivity index (χ3n) is 3.22. The molecule has 1 aromatic heterocycles. The monoisotopic (exact) mass is 238 g/mol. The molecule has 90 valence electrons. The summed E-state index contributed by atoms with van der Waals surface area (Å²) in [5.74, 6) is 0.151. The molecule has 0 saturated heterocycles. The van der Waals surface area contributed by atoms with Crippen LogP contribution in [-0.2, 0) is 12.8 Å². The highest BCUT2D eigenvalue weighted by Crippen LogP contribution is 2.23. The van der Waals surface area contributed by atoms with Crippen LogP contribution in [0, 0.1) is 0 Å². The van der Waals surface area contributed by atoms with E-state index in [-0.39, 0.29) is 5.78 Å². The number of rotatable bonds is 3. The molecule has 18 heavy (non-hydrogen) atoms. The highest BCUT2D eigenvalue weighted by atomic mass is 16.1. The van der Waals surface area contributed by atoms with E-state index >= 15 is 0 Å². The van der Waals surface area contributed by atoms with Crippen LogP contribution in [0.3, 0.4) is 0 Å². The first-order valence-corrected chi connectivity index (χ1v) is 6.12. The van der Waals surface area contributed by atoms with Crippen LogP contribution in [0.15, 0.2) is 42.7 Å². The average Bonchev–Trinajstić information content (AvgIpc) is 2.87. The van der Waals surface area contributed by atoms with Crippen molar-refractivity contribution >= 4 is 11.5 Å². The van der Waals surface area contributed by atoms with Crippen molar-refractivity contribution in [3.63, 3.8) is 0 Å². The van der Waals surface area contributed by atoms with Crippen LogP contribution in [-0.4, -0.2) is 17.3 Å². The van der Waals surface area contributed by atoms with E-state index in [0.29, 0.717) is 6.42 Å². The van der Waals surface area contributed by atoms with E-state index in [1.807, 2.05) is 30.3 Å². The second kappa shape index (κ2) is 4.61. The second-order valence-electron chi connectivity index (χ2n) is 4.51. The Hall–Kier alpha value is -2.16. The van der Waals surface area contributed by atoms with Crippen LogP contribution in [0.5, 0.6) is 0 Å². The summed E-state index contributed by atoms with van der Waals surface area (Å²) in [5.41, 5.74) is 4.15. The fourth-order valence-corrected chi connectivity index (χ4v) is 2.27. The van der Waals surface area contributed by atoms with Crippen molar-refractivity contribution in [2.24, 2.45) is 0 Å². The van der Waals surface area contributed by atoms with Crippen molar-refractivity contribution in [2.75, 3.05) is 11.9 Å². The maximum Gasteiger partial charge on any atom is 0.167 e. The normalized spacial score (nSPS) is 12.9. The van der Waals surface area contributed by atoms with Crippen LogP contribution in [0.1, 0.15) is 21.5 Å². The van der Waals surface area contributed by atoms with E-state index in [9.17, 15) is 4.79 Å². The summed E-state index contributed by atoms with van der Waals surface area (Å²) in [6.45, 7) is 0.968. The first kappa shape index (κ1) is 11.0. The molecule has 2 aromatic rings. The standard InChI is InChI=1S/C15H14N2O/c18-15(8-11-2-1-6-16-10-11)13-3-4-14-12(9-13)5-7-17-14/h1-4,6,9-10,17H,5,7-8H2. The first-order chi connectivity index (χ1) is 8.83. The van der Waals surface area contributed by atoms with Crippen molar-refractivity contribution in [3.05, 3.63) is 59.4 Å². The number of hydrogen-bond donors (Lipinski definition) is 1. The number of carbonyl (C=O) groups is 1. The molecular formula is C15H14N2O. The predicted molar refractivity (Wildman–Crippen MR) is 70.9 cm³/mol. The van der Waals surface area contributed by atoms with Crippen LogP contribution in [0.4, 0.5) is 5.69 Å². The number of carbonyl (C=O) groups excluding carboxylic acids is 1. The van der Waals surface area contributed by atoms with Crippen molar-refractivity contribution in [3.8, 4) is 0 Å². The summed E-state index contributed by atoms with van der Waals surface area (Å²) in [5, 5.41) is 3.29. The van der Waals surface area contributed by atoms with Gasteiger partial charge in [0.2, 0.25) is 0 Å². The zero-order chi connectivity index (χ0) is 12.4. The van der Waals surface area contributed by atoms with Crippen molar-refractivity contribution in [2.45, 2.75) is 12.8 Å². The molecule has 0 aliphatic carbocycles. The van der Waals surface area contributed by atoms with Gasteiger partial charge in [-0.25, -0.2) is 0 Å². The molecule has 0 spiro atoms. The number of nitrogens with one attached hydrogen (secondary N) is 1. The van der Waals surface area contributed by atoms with Gasteiger partial charge in [0.25, 0.3) is 0 Å². The van der Waals surface area contributed by atoms with Gasteiger partial charge < -0.3 is 5.32 Å². The Kier molecular flexibility index (Phi) is 2.81. The van der Waals surface area contributed by atoms with Gasteiger partial charge in [-0.2, -0.15) is 0 Å². The second-order valence-corrected chi connectivity index (χ2v) is 4.51. The van der Waals surface area contributed by atoms with Crippen LogP contribution in [0.2, 0.25) is 0 Å². The molecule has 0 atom stereocenters. The molecule has 3 nitrogen and oxygen atoms in total. The van der Waals surface area contributed by atoms with E-state index in [1.165, 1.54) is 5.56 Å². The minimum Gasteiger partial charge on any atom is -0.384 e. The van der Waals surface area contributed by atoms with Gasteiger partial charge in [-0.3, -0.25) is 9.78 Å². The highest BCUT2D eigenvalue weighted by molar-refractivity contribution is 5.98. The molecule has 3 rings (SSSR count). The number of hydrogen-bond acceptors (Lipinski definition) is 3. The van der Waals surface area contributed by atoms with Gasteiger partial charge in [-0.15, -0.1) is 0 Å². The van der Waals surface area contributed by atoms with E-state index in [2.05, 4.69) is 10.3 Å². The van der Waals surface area contributed by atoms with Gasteiger partial charge in [-0.05, 0) is 41.8 Å². The van der Waals surface area contributed by atoms with Gasteiger partial charge in [0, 0.05) is 36.6 Å². The van der Waals surface area contributed by atoms with Crippen molar-refractivity contribution in [1.82, 2.24) is 4.98 Å². The Morgan fingerprint density at radius 3 is 3.11 bits per heavy atom. The Morgan fingerprint density at radius 1 is 1.33 bits per heavy atom. The number of Topliss-reactive ketones (excluding diaryl/α,β-unsaturated/α-hetero) is 1. The molecule has 0 fully saturated rings. The third-order valence-corrected chi connectivity index (χ3v) is 3.22. The predicted octanol–water partition coefficient (Wildman–Crippen LogP) is 2.47. The minimum absolute atomic E-state index is 0.151. The lowest BCUT2D eigenvalue weighted by Gasteiger charge is -2.04. The largest absolute Gasteiger partial charge is 0.384 e. The zero-order valence-electron chi connectivity index (χ0n) is 10.0. The van der Waals surface area contributed by atoms with E-state index in [1.54, 1.807) is 12.4 Å². The Labute approximate surface area is 106 Å². The summed E-state index contributed by atoms with van der Waals surface area (Å²) in [6, 6.07) is 9.69. The summed E-state index contributed by atoms with van der Waals surface area (Å²) >= 11 is 0. The molecule has 3 heteroatoms. The number of aromatic nitrogens is 1. The van der Waals surface area contributed by atoms with Gasteiger partial charge in [0.15, 0.2) is 5.78 Å². The number of nitrogens with zero attached hydrogens (tertiary/aromatic N) is 1. The van der Waals surface area contributed by atoms with Gasteiger partial charge in [0.1, 0.15) is 0 Å². The minimum atomic E-state index is 0.151. The lowest BCUT2D eigenvalue weighted by Crippen LogP contribution is -2.04. The molecule has 0 bridgehead atoms. The highest BCUT2D eigenvalue weighted by Gasteiger charge is 2.13. The molecule has 1 N–H and O–H groups in total. The molecule has 1 aliphatic rings. The fourth-order valence-electron chi connectivity index (χ4n) is 2.27. The smallest absolute Gasteiger partial charge is 0.167 e. The third kappa shape index (κ3) is 2.12. The molecule has 2 heterocycles. The number of benzene rings is 1. The number of pyridine rings is 1. The van der Waals surface area contributed by atoms with Crippen LogP contribution < -0.4 is 5.32 Å². The maximum absolute atomic E-state index is 12.2. The molecular weight excluding hydrogens is 224 g/mol. The van der Waals surface area contributed by atoms with E-state index < -0.39 is 0 Å². The zero-order valence-corrected chi connectivity index (χ0v) is 10.0. The molecule has 1 aliphatic heterocycles.